The highest BCUT2D eigenvalue weighted by Crippen LogP contribution is 2.27. The number of anilines is 1. The Kier molecular flexibility index (Phi) is 5.59. The molecule has 0 atom stereocenters. The molecule has 0 aromatic heterocycles. The SMILES string of the molecule is CCC(CC)(CO)CNc1cc(S(C)(=O)=O)ccc1C. The summed E-state index contributed by atoms with van der Waals surface area (Å²) in [5.41, 5.74) is 1.65. The number of hydrogen-bond donors (Lipinski definition) is 2. The van der Waals surface area contributed by atoms with Crippen LogP contribution in [0.15, 0.2) is 23.1 Å². The monoisotopic (exact) mass is 299 g/mol. The number of aliphatic hydroxyl groups excluding tert-OH is 1. The van der Waals surface area contributed by atoms with Crippen LogP contribution in [0.5, 0.6) is 0 Å². The predicted octanol–water partition coefficient (Wildman–Crippen LogP) is 2.61. The number of sulfone groups is 1. The van der Waals surface area contributed by atoms with Crippen molar-refractivity contribution in [2.75, 3.05) is 24.7 Å². The Morgan fingerprint density at radius 3 is 2.30 bits per heavy atom. The minimum Gasteiger partial charge on any atom is -0.396 e. The van der Waals surface area contributed by atoms with E-state index >= 15 is 0 Å². The van der Waals surface area contributed by atoms with Crippen LogP contribution >= 0.6 is 0 Å². The number of rotatable bonds is 7. The molecular weight excluding hydrogens is 274 g/mol. The largest absolute Gasteiger partial charge is 0.396 e. The van der Waals surface area contributed by atoms with Gasteiger partial charge in [-0.15, -0.1) is 0 Å². The van der Waals surface area contributed by atoms with Gasteiger partial charge in [-0.3, -0.25) is 0 Å². The number of nitrogens with one attached hydrogen (secondary N) is 1. The molecule has 0 fully saturated rings. The molecule has 0 saturated carbocycles. The van der Waals surface area contributed by atoms with Gasteiger partial charge in [0.15, 0.2) is 9.84 Å². The van der Waals surface area contributed by atoms with Gasteiger partial charge in [-0.25, -0.2) is 8.42 Å². The van der Waals surface area contributed by atoms with Gasteiger partial charge in [0, 0.05) is 23.9 Å². The average molecular weight is 299 g/mol. The fourth-order valence-corrected chi connectivity index (χ4v) is 2.73. The van der Waals surface area contributed by atoms with Crippen LogP contribution in [0.2, 0.25) is 0 Å². The van der Waals surface area contributed by atoms with E-state index in [1.54, 1.807) is 18.2 Å². The Bertz CT molecular complexity index is 540. The summed E-state index contributed by atoms with van der Waals surface area (Å²) in [5.74, 6) is 0. The van der Waals surface area contributed by atoms with Crippen molar-refractivity contribution in [1.29, 1.82) is 0 Å². The van der Waals surface area contributed by atoms with Crippen molar-refractivity contribution in [3.05, 3.63) is 23.8 Å². The van der Waals surface area contributed by atoms with Crippen LogP contribution in [0, 0.1) is 12.3 Å². The quantitative estimate of drug-likeness (QED) is 0.812. The van der Waals surface area contributed by atoms with Crippen molar-refractivity contribution < 1.29 is 13.5 Å². The Morgan fingerprint density at radius 1 is 1.25 bits per heavy atom. The van der Waals surface area contributed by atoms with Crippen LogP contribution in [0.25, 0.3) is 0 Å². The zero-order valence-electron chi connectivity index (χ0n) is 12.7. The molecule has 1 aromatic carbocycles. The Morgan fingerprint density at radius 2 is 1.85 bits per heavy atom. The van der Waals surface area contributed by atoms with E-state index in [9.17, 15) is 13.5 Å². The van der Waals surface area contributed by atoms with Crippen LogP contribution in [0.1, 0.15) is 32.3 Å². The van der Waals surface area contributed by atoms with Gasteiger partial charge in [0.1, 0.15) is 0 Å². The van der Waals surface area contributed by atoms with Crippen molar-refractivity contribution in [2.24, 2.45) is 5.41 Å². The highest BCUT2D eigenvalue weighted by Gasteiger charge is 2.25. The maximum Gasteiger partial charge on any atom is 0.175 e. The fraction of sp³-hybridized carbons (Fsp3) is 0.600. The van der Waals surface area contributed by atoms with E-state index in [1.165, 1.54) is 6.26 Å². The molecular formula is C15H25NO3S. The normalized spacial score (nSPS) is 12.4. The second-order valence-electron chi connectivity index (χ2n) is 5.47. The lowest BCUT2D eigenvalue weighted by atomic mass is 9.83. The molecule has 0 aliphatic rings. The molecule has 1 aromatic rings. The maximum absolute atomic E-state index is 11.6. The van der Waals surface area contributed by atoms with Crippen molar-refractivity contribution in [3.8, 4) is 0 Å². The highest BCUT2D eigenvalue weighted by molar-refractivity contribution is 7.90. The molecule has 114 valence electrons. The lowest BCUT2D eigenvalue weighted by Crippen LogP contribution is -2.32. The highest BCUT2D eigenvalue weighted by atomic mass is 32.2. The Hall–Kier alpha value is -1.07. The molecule has 0 aliphatic carbocycles. The van der Waals surface area contributed by atoms with Crippen molar-refractivity contribution >= 4 is 15.5 Å². The summed E-state index contributed by atoms with van der Waals surface area (Å²) in [7, 11) is -3.20. The van der Waals surface area contributed by atoms with E-state index < -0.39 is 9.84 Å². The van der Waals surface area contributed by atoms with Crippen molar-refractivity contribution in [3.63, 3.8) is 0 Å². The van der Waals surface area contributed by atoms with Crippen LogP contribution in [-0.2, 0) is 9.84 Å². The van der Waals surface area contributed by atoms with Crippen molar-refractivity contribution in [2.45, 2.75) is 38.5 Å². The third-order valence-electron chi connectivity index (χ3n) is 4.13. The molecule has 0 amide bonds. The molecule has 0 bridgehead atoms. The van der Waals surface area contributed by atoms with E-state index in [0.29, 0.717) is 11.4 Å². The molecule has 1 rings (SSSR count). The summed E-state index contributed by atoms with van der Waals surface area (Å²) >= 11 is 0. The first kappa shape index (κ1) is 17.0. The number of aliphatic hydroxyl groups is 1. The zero-order valence-corrected chi connectivity index (χ0v) is 13.5. The zero-order chi connectivity index (χ0) is 15.4. The first-order chi connectivity index (χ1) is 9.28. The Balaban J connectivity index is 2.98. The summed E-state index contributed by atoms with van der Waals surface area (Å²) in [6, 6.07) is 5.09. The molecule has 0 saturated heterocycles. The summed E-state index contributed by atoms with van der Waals surface area (Å²) in [6.07, 6.45) is 2.95. The average Bonchev–Trinajstić information content (AvgIpc) is 2.41. The van der Waals surface area contributed by atoms with Crippen molar-refractivity contribution in [1.82, 2.24) is 0 Å². The maximum atomic E-state index is 11.6. The van der Waals surface area contributed by atoms with E-state index in [1.807, 2.05) is 6.92 Å². The second kappa shape index (κ2) is 6.59. The minimum atomic E-state index is -3.20. The van der Waals surface area contributed by atoms with Crippen LogP contribution in [-0.4, -0.2) is 32.9 Å². The number of benzene rings is 1. The van der Waals surface area contributed by atoms with Crippen LogP contribution < -0.4 is 5.32 Å². The minimum absolute atomic E-state index is 0.123. The lowest BCUT2D eigenvalue weighted by Gasteiger charge is -2.30. The van der Waals surface area contributed by atoms with Gasteiger partial charge in [-0.2, -0.15) is 0 Å². The van der Waals surface area contributed by atoms with Gasteiger partial charge >= 0.3 is 0 Å². The Labute approximate surface area is 122 Å². The molecule has 4 nitrogen and oxygen atoms in total. The summed E-state index contributed by atoms with van der Waals surface area (Å²) in [5, 5.41) is 12.9. The molecule has 0 unspecified atom stereocenters. The van der Waals surface area contributed by atoms with Gasteiger partial charge in [-0.1, -0.05) is 19.9 Å². The van der Waals surface area contributed by atoms with Gasteiger partial charge < -0.3 is 10.4 Å². The molecule has 0 radical (unpaired) electrons. The van der Waals surface area contributed by atoms with Gasteiger partial charge in [0.25, 0.3) is 0 Å². The number of aryl methyl sites for hydroxylation is 1. The smallest absolute Gasteiger partial charge is 0.175 e. The van der Waals surface area contributed by atoms with Gasteiger partial charge in [0.2, 0.25) is 0 Å². The fourth-order valence-electron chi connectivity index (χ4n) is 2.08. The summed E-state index contributed by atoms with van der Waals surface area (Å²) in [4.78, 5) is 0.313. The lowest BCUT2D eigenvalue weighted by molar-refractivity contribution is 0.127. The topological polar surface area (TPSA) is 66.4 Å². The molecule has 20 heavy (non-hydrogen) atoms. The third-order valence-corrected chi connectivity index (χ3v) is 5.24. The van der Waals surface area contributed by atoms with E-state index in [4.69, 9.17) is 0 Å². The van der Waals surface area contributed by atoms with E-state index in [-0.39, 0.29) is 12.0 Å². The van der Waals surface area contributed by atoms with Crippen LogP contribution in [0.3, 0.4) is 0 Å². The second-order valence-corrected chi connectivity index (χ2v) is 7.48. The standard InChI is InChI=1S/C15H25NO3S/c1-5-15(6-2,11-17)10-16-14-9-13(20(4,18)19)8-7-12(14)3/h7-9,16-17H,5-6,10-11H2,1-4H3. The predicted molar refractivity (Wildman–Crippen MR) is 82.9 cm³/mol. The number of hydrogen-bond acceptors (Lipinski definition) is 4. The van der Waals surface area contributed by atoms with Gasteiger partial charge in [-0.05, 0) is 37.5 Å². The van der Waals surface area contributed by atoms with Crippen LogP contribution in [0.4, 0.5) is 5.69 Å². The first-order valence-corrected chi connectivity index (χ1v) is 8.82. The molecule has 2 N–H and O–H groups in total. The molecule has 0 spiro atoms. The van der Waals surface area contributed by atoms with E-state index in [2.05, 4.69) is 19.2 Å². The third kappa shape index (κ3) is 3.96. The first-order valence-electron chi connectivity index (χ1n) is 6.93. The molecule has 0 aliphatic heterocycles. The van der Waals surface area contributed by atoms with Gasteiger partial charge in [0.05, 0.1) is 11.5 Å². The van der Waals surface area contributed by atoms with E-state index in [0.717, 1.165) is 24.1 Å². The molecule has 0 heterocycles. The summed E-state index contributed by atoms with van der Waals surface area (Å²) < 4.78 is 23.2. The summed E-state index contributed by atoms with van der Waals surface area (Å²) in [6.45, 7) is 6.80. The molecule has 5 heteroatoms.